The van der Waals surface area contributed by atoms with Gasteiger partial charge in [0.15, 0.2) is 5.69 Å². The van der Waals surface area contributed by atoms with Crippen LogP contribution >= 0.6 is 24.0 Å². The van der Waals surface area contributed by atoms with Gasteiger partial charge >= 0.3 is 0 Å². The highest BCUT2D eigenvalue weighted by Crippen LogP contribution is 2.48. The quantitative estimate of drug-likeness (QED) is 0.778. The number of halogens is 2. The van der Waals surface area contributed by atoms with Crippen LogP contribution in [0.3, 0.4) is 0 Å². The molecular formula is C17H20Cl2N4O. The number of rotatable bonds is 4. The van der Waals surface area contributed by atoms with Crippen molar-refractivity contribution in [3.05, 3.63) is 51.8 Å². The number of benzene rings is 1. The monoisotopic (exact) mass is 366 g/mol. The molecule has 2 heterocycles. The average Bonchev–Trinajstić information content (AvgIpc) is 3.24. The molecule has 4 rings (SSSR count). The summed E-state index contributed by atoms with van der Waals surface area (Å²) in [4.78, 5) is 12.5. The maximum Gasteiger partial charge on any atom is 0.272 e. The summed E-state index contributed by atoms with van der Waals surface area (Å²) in [6, 6.07) is 7.93. The Hall–Kier alpha value is -1.56. The molecule has 7 heteroatoms. The van der Waals surface area contributed by atoms with E-state index in [-0.39, 0.29) is 23.7 Å². The second kappa shape index (κ2) is 6.75. The number of H-pyrrole nitrogens is 1. The zero-order valence-electron chi connectivity index (χ0n) is 13.2. The predicted octanol–water partition coefficient (Wildman–Crippen LogP) is 2.59. The number of nitrogens with one attached hydrogen (secondary N) is 3. The van der Waals surface area contributed by atoms with Crippen molar-refractivity contribution in [3.8, 4) is 0 Å². The molecule has 0 spiro atoms. The van der Waals surface area contributed by atoms with Crippen LogP contribution in [0.2, 0.25) is 5.02 Å². The van der Waals surface area contributed by atoms with Crippen molar-refractivity contribution >= 4 is 29.9 Å². The largest absolute Gasteiger partial charge is 0.350 e. The Bertz CT molecular complexity index is 755. The first-order chi connectivity index (χ1) is 11.2. The molecule has 3 N–H and O–H groups in total. The minimum absolute atomic E-state index is 0. The van der Waals surface area contributed by atoms with Crippen LogP contribution in [0.25, 0.3) is 0 Å². The number of hydrogen-bond donors (Lipinski definition) is 3. The van der Waals surface area contributed by atoms with Crippen molar-refractivity contribution in [2.45, 2.75) is 31.2 Å². The minimum Gasteiger partial charge on any atom is -0.350 e. The van der Waals surface area contributed by atoms with E-state index in [0.717, 1.165) is 42.1 Å². The van der Waals surface area contributed by atoms with E-state index in [9.17, 15) is 4.79 Å². The molecule has 0 atom stereocenters. The number of aromatic nitrogens is 2. The molecule has 1 aliphatic heterocycles. The summed E-state index contributed by atoms with van der Waals surface area (Å²) in [5.41, 5.74) is 3.84. The van der Waals surface area contributed by atoms with E-state index in [0.29, 0.717) is 18.8 Å². The Morgan fingerprint density at radius 1 is 1.38 bits per heavy atom. The molecule has 1 amide bonds. The maximum atomic E-state index is 12.5. The number of carbonyl (C=O) groups is 1. The van der Waals surface area contributed by atoms with Crippen LogP contribution in [0.15, 0.2) is 24.3 Å². The van der Waals surface area contributed by atoms with Gasteiger partial charge in [0.1, 0.15) is 0 Å². The smallest absolute Gasteiger partial charge is 0.272 e. The predicted molar refractivity (Wildman–Crippen MR) is 95.9 cm³/mol. The summed E-state index contributed by atoms with van der Waals surface area (Å²) in [5.74, 6) is -0.0977. The molecule has 1 fully saturated rings. The Labute approximate surface area is 152 Å². The Morgan fingerprint density at radius 3 is 2.96 bits per heavy atom. The average molecular weight is 367 g/mol. The lowest BCUT2D eigenvalue weighted by atomic mass is 9.96. The lowest BCUT2D eigenvalue weighted by Crippen LogP contribution is -2.34. The molecule has 0 radical (unpaired) electrons. The Kier molecular flexibility index (Phi) is 4.85. The van der Waals surface area contributed by atoms with E-state index >= 15 is 0 Å². The van der Waals surface area contributed by atoms with E-state index in [1.54, 1.807) is 0 Å². The fourth-order valence-corrected chi connectivity index (χ4v) is 3.47. The number of carbonyl (C=O) groups excluding carboxylic acids is 1. The summed E-state index contributed by atoms with van der Waals surface area (Å²) in [6.07, 6.45) is 3.05. The van der Waals surface area contributed by atoms with Gasteiger partial charge in [0.25, 0.3) is 5.91 Å². The molecule has 0 bridgehead atoms. The normalized spacial score (nSPS) is 17.5. The van der Waals surface area contributed by atoms with Gasteiger partial charge in [0, 0.05) is 47.8 Å². The molecule has 24 heavy (non-hydrogen) atoms. The topological polar surface area (TPSA) is 69.8 Å². The molecule has 2 aliphatic rings. The Balaban J connectivity index is 0.00000169. The van der Waals surface area contributed by atoms with Crippen LogP contribution in [0, 0.1) is 0 Å². The lowest BCUT2D eigenvalue weighted by Gasteiger charge is -2.17. The maximum absolute atomic E-state index is 12.5. The first-order valence-electron chi connectivity index (χ1n) is 7.99. The molecule has 1 aliphatic carbocycles. The van der Waals surface area contributed by atoms with Crippen molar-refractivity contribution in [3.63, 3.8) is 0 Å². The van der Waals surface area contributed by atoms with Crippen LogP contribution in [0.4, 0.5) is 0 Å². The highest BCUT2D eigenvalue weighted by atomic mass is 35.5. The summed E-state index contributed by atoms with van der Waals surface area (Å²) >= 11 is 6.09. The fourth-order valence-electron chi connectivity index (χ4n) is 3.28. The molecule has 5 nitrogen and oxygen atoms in total. The van der Waals surface area contributed by atoms with Crippen LogP contribution < -0.4 is 10.6 Å². The van der Waals surface area contributed by atoms with Crippen LogP contribution in [0.1, 0.15) is 40.2 Å². The lowest BCUT2D eigenvalue weighted by molar-refractivity contribution is 0.0943. The molecule has 1 saturated carbocycles. The van der Waals surface area contributed by atoms with Crippen molar-refractivity contribution in [2.75, 3.05) is 13.1 Å². The third-order valence-corrected chi connectivity index (χ3v) is 5.13. The van der Waals surface area contributed by atoms with Gasteiger partial charge in [0.2, 0.25) is 0 Å². The molecule has 2 aromatic rings. The van der Waals surface area contributed by atoms with Gasteiger partial charge < -0.3 is 10.6 Å². The third kappa shape index (κ3) is 3.16. The molecular weight excluding hydrogens is 347 g/mol. The summed E-state index contributed by atoms with van der Waals surface area (Å²) in [5, 5.41) is 14.3. The van der Waals surface area contributed by atoms with Crippen LogP contribution in [-0.2, 0) is 18.4 Å². The van der Waals surface area contributed by atoms with Crippen molar-refractivity contribution in [2.24, 2.45) is 0 Å². The second-order valence-corrected chi connectivity index (χ2v) is 6.87. The zero-order valence-corrected chi connectivity index (χ0v) is 14.8. The van der Waals surface area contributed by atoms with Crippen LogP contribution in [-0.4, -0.2) is 29.2 Å². The van der Waals surface area contributed by atoms with E-state index in [2.05, 4.69) is 26.9 Å². The van der Waals surface area contributed by atoms with Gasteiger partial charge in [-0.05, 0) is 30.5 Å². The summed E-state index contributed by atoms with van der Waals surface area (Å²) in [7, 11) is 0. The van der Waals surface area contributed by atoms with Gasteiger partial charge in [-0.15, -0.1) is 12.4 Å². The number of hydrogen-bond acceptors (Lipinski definition) is 3. The number of fused-ring (bicyclic) bond motifs is 1. The van der Waals surface area contributed by atoms with Crippen molar-refractivity contribution in [1.82, 2.24) is 20.8 Å². The van der Waals surface area contributed by atoms with Gasteiger partial charge in [-0.2, -0.15) is 5.10 Å². The Morgan fingerprint density at radius 2 is 2.21 bits per heavy atom. The van der Waals surface area contributed by atoms with Gasteiger partial charge in [-0.1, -0.05) is 23.7 Å². The highest BCUT2D eigenvalue weighted by Gasteiger charge is 2.44. The number of amides is 1. The van der Waals surface area contributed by atoms with Gasteiger partial charge in [-0.3, -0.25) is 9.89 Å². The SMILES string of the molecule is Cl.O=C(NCC1(c2cccc(Cl)c2)CC1)c1n[nH]c2c1CNCC2. The second-order valence-electron chi connectivity index (χ2n) is 6.43. The zero-order chi connectivity index (χ0) is 15.9. The molecule has 0 saturated heterocycles. The van der Waals surface area contributed by atoms with E-state index in [4.69, 9.17) is 11.6 Å². The van der Waals surface area contributed by atoms with E-state index in [1.165, 1.54) is 5.56 Å². The number of aromatic amines is 1. The van der Waals surface area contributed by atoms with E-state index in [1.807, 2.05) is 18.2 Å². The first kappa shape index (κ1) is 17.3. The summed E-state index contributed by atoms with van der Waals surface area (Å²) in [6.45, 7) is 2.25. The number of nitrogens with zero attached hydrogens (tertiary/aromatic N) is 1. The van der Waals surface area contributed by atoms with Gasteiger partial charge in [0.05, 0.1) is 0 Å². The highest BCUT2D eigenvalue weighted by molar-refractivity contribution is 6.30. The first-order valence-corrected chi connectivity index (χ1v) is 8.37. The fraction of sp³-hybridized carbons (Fsp3) is 0.412. The third-order valence-electron chi connectivity index (χ3n) is 4.90. The van der Waals surface area contributed by atoms with Crippen molar-refractivity contribution in [1.29, 1.82) is 0 Å². The van der Waals surface area contributed by atoms with E-state index < -0.39 is 0 Å². The molecule has 0 unspecified atom stereocenters. The van der Waals surface area contributed by atoms with Gasteiger partial charge in [-0.25, -0.2) is 0 Å². The van der Waals surface area contributed by atoms with Crippen molar-refractivity contribution < 1.29 is 4.79 Å². The molecule has 1 aromatic heterocycles. The molecule has 1 aromatic carbocycles. The summed E-state index contributed by atoms with van der Waals surface area (Å²) < 4.78 is 0. The van der Waals surface area contributed by atoms with Crippen LogP contribution in [0.5, 0.6) is 0 Å². The molecule has 128 valence electrons. The standard InChI is InChI=1S/C17H19ClN4O.ClH/c18-12-3-1-2-11(8-12)17(5-6-17)10-20-16(23)15-13-9-19-7-4-14(13)21-22-15;/h1-3,8,19H,4-7,9-10H2,(H,20,23)(H,21,22);1H. The minimum atomic E-state index is -0.0977.